The van der Waals surface area contributed by atoms with Crippen LogP contribution in [-0.4, -0.2) is 9.49 Å². The van der Waals surface area contributed by atoms with Gasteiger partial charge in [0.05, 0.1) is 10.6 Å². The molecule has 0 N–H and O–H groups in total. The maximum Gasteiger partial charge on any atom is 0.269 e. The van der Waals surface area contributed by atoms with Crippen LogP contribution in [-0.2, 0) is 0 Å². The molecule has 5 heteroatoms. The highest BCUT2D eigenvalue weighted by Gasteiger charge is 2.14. The van der Waals surface area contributed by atoms with Gasteiger partial charge in [-0.2, -0.15) is 0 Å². The third kappa shape index (κ3) is 2.41. The first-order chi connectivity index (χ1) is 10.2. The van der Waals surface area contributed by atoms with Crippen LogP contribution in [0, 0.1) is 15.9 Å². The lowest BCUT2D eigenvalue weighted by Crippen LogP contribution is -1.96. The average molecular weight is 282 g/mol. The number of hydrogen-bond acceptors (Lipinski definition) is 2. The number of benzene rings is 2. The fraction of sp³-hybridized carbons (Fsp3) is 0. The van der Waals surface area contributed by atoms with E-state index in [0.29, 0.717) is 11.3 Å². The van der Waals surface area contributed by atoms with E-state index >= 15 is 0 Å². The van der Waals surface area contributed by atoms with Crippen LogP contribution < -0.4 is 0 Å². The van der Waals surface area contributed by atoms with Crippen molar-refractivity contribution in [2.24, 2.45) is 0 Å². The van der Waals surface area contributed by atoms with Crippen molar-refractivity contribution in [1.29, 1.82) is 0 Å². The minimum Gasteiger partial charge on any atom is -0.314 e. The zero-order chi connectivity index (χ0) is 14.8. The maximum absolute atomic E-state index is 14.1. The molecule has 104 valence electrons. The standard InChI is InChI=1S/C16H11FN2O2/c17-15-10-11-18(13-4-2-1-3-5-13)16(15)12-6-8-14(9-7-12)19(20)21/h1-11H. The van der Waals surface area contributed by atoms with Crippen molar-refractivity contribution in [3.63, 3.8) is 0 Å². The molecular weight excluding hydrogens is 271 g/mol. The van der Waals surface area contributed by atoms with E-state index in [1.54, 1.807) is 22.9 Å². The molecule has 0 spiro atoms. The van der Waals surface area contributed by atoms with Gasteiger partial charge >= 0.3 is 0 Å². The summed E-state index contributed by atoms with van der Waals surface area (Å²) in [6.45, 7) is 0. The van der Waals surface area contributed by atoms with E-state index in [0.717, 1.165) is 5.69 Å². The van der Waals surface area contributed by atoms with Gasteiger partial charge in [0.1, 0.15) is 5.82 Å². The lowest BCUT2D eigenvalue weighted by molar-refractivity contribution is -0.384. The van der Waals surface area contributed by atoms with Crippen molar-refractivity contribution < 1.29 is 9.31 Å². The van der Waals surface area contributed by atoms with E-state index in [-0.39, 0.29) is 11.5 Å². The normalized spacial score (nSPS) is 10.5. The second kappa shape index (κ2) is 5.20. The summed E-state index contributed by atoms with van der Waals surface area (Å²) in [5.41, 5.74) is 1.79. The topological polar surface area (TPSA) is 48.1 Å². The molecule has 0 saturated heterocycles. The average Bonchev–Trinajstić information content (AvgIpc) is 2.90. The number of nitro groups is 1. The molecule has 0 saturated carbocycles. The summed E-state index contributed by atoms with van der Waals surface area (Å²) in [6.07, 6.45) is 1.64. The molecule has 0 aliphatic rings. The Kier molecular flexibility index (Phi) is 3.23. The molecule has 0 aliphatic carbocycles. The Hall–Kier alpha value is -2.95. The Bertz CT molecular complexity index is 780. The highest BCUT2D eigenvalue weighted by Crippen LogP contribution is 2.28. The monoisotopic (exact) mass is 282 g/mol. The summed E-state index contributed by atoms with van der Waals surface area (Å²) in [7, 11) is 0. The van der Waals surface area contributed by atoms with Crippen molar-refractivity contribution in [3.05, 3.63) is 82.8 Å². The molecule has 0 bridgehead atoms. The molecule has 4 nitrogen and oxygen atoms in total. The van der Waals surface area contributed by atoms with Crippen LogP contribution in [0.15, 0.2) is 66.9 Å². The Morgan fingerprint density at radius 1 is 0.952 bits per heavy atom. The fourth-order valence-corrected chi connectivity index (χ4v) is 2.23. The van der Waals surface area contributed by atoms with Crippen molar-refractivity contribution in [2.75, 3.05) is 0 Å². The molecule has 21 heavy (non-hydrogen) atoms. The van der Waals surface area contributed by atoms with Crippen LogP contribution in [0.1, 0.15) is 0 Å². The van der Waals surface area contributed by atoms with Gasteiger partial charge < -0.3 is 4.57 Å². The first kappa shape index (κ1) is 13.1. The maximum atomic E-state index is 14.1. The summed E-state index contributed by atoms with van der Waals surface area (Å²) in [5.74, 6) is -0.368. The van der Waals surface area contributed by atoms with Gasteiger partial charge in [-0.25, -0.2) is 4.39 Å². The number of non-ortho nitro benzene ring substituents is 1. The van der Waals surface area contributed by atoms with Crippen molar-refractivity contribution in [1.82, 2.24) is 4.57 Å². The Morgan fingerprint density at radius 2 is 1.62 bits per heavy atom. The van der Waals surface area contributed by atoms with Gasteiger partial charge in [-0.1, -0.05) is 18.2 Å². The van der Waals surface area contributed by atoms with E-state index in [1.165, 1.54) is 18.2 Å². The predicted molar refractivity (Wildman–Crippen MR) is 77.8 cm³/mol. The predicted octanol–water partition coefficient (Wildman–Crippen LogP) is 4.19. The van der Waals surface area contributed by atoms with Crippen LogP contribution >= 0.6 is 0 Å². The van der Waals surface area contributed by atoms with Crippen LogP contribution in [0.4, 0.5) is 10.1 Å². The van der Waals surface area contributed by atoms with E-state index < -0.39 is 4.92 Å². The third-order valence-electron chi connectivity index (χ3n) is 3.22. The number of halogens is 1. The van der Waals surface area contributed by atoms with Crippen LogP contribution in [0.25, 0.3) is 16.9 Å². The van der Waals surface area contributed by atoms with Crippen molar-refractivity contribution in [3.8, 4) is 16.9 Å². The molecule has 1 heterocycles. The van der Waals surface area contributed by atoms with E-state index in [9.17, 15) is 14.5 Å². The van der Waals surface area contributed by atoms with Crippen molar-refractivity contribution >= 4 is 5.69 Å². The molecule has 1 aromatic heterocycles. The summed E-state index contributed by atoms with van der Waals surface area (Å²) in [6, 6.07) is 16.6. The van der Waals surface area contributed by atoms with E-state index in [1.807, 2.05) is 30.3 Å². The zero-order valence-electron chi connectivity index (χ0n) is 10.9. The Balaban J connectivity index is 2.10. The highest BCUT2D eigenvalue weighted by molar-refractivity contribution is 5.65. The van der Waals surface area contributed by atoms with Crippen LogP contribution in [0.3, 0.4) is 0 Å². The number of hydrogen-bond donors (Lipinski definition) is 0. The molecule has 0 aliphatic heterocycles. The van der Waals surface area contributed by atoms with E-state index in [4.69, 9.17) is 0 Å². The Labute approximate surface area is 120 Å². The van der Waals surface area contributed by atoms with Gasteiger partial charge in [0.25, 0.3) is 5.69 Å². The molecular formula is C16H11FN2O2. The van der Waals surface area contributed by atoms with Gasteiger partial charge in [0, 0.05) is 29.6 Å². The second-order valence-electron chi connectivity index (χ2n) is 4.52. The Morgan fingerprint density at radius 3 is 2.24 bits per heavy atom. The van der Waals surface area contributed by atoms with Gasteiger partial charge in [0.2, 0.25) is 0 Å². The molecule has 3 aromatic rings. The lowest BCUT2D eigenvalue weighted by atomic mass is 10.1. The molecule has 3 rings (SSSR count). The van der Waals surface area contributed by atoms with Gasteiger partial charge in [0.15, 0.2) is 0 Å². The fourth-order valence-electron chi connectivity index (χ4n) is 2.23. The van der Waals surface area contributed by atoms with Crippen LogP contribution in [0.2, 0.25) is 0 Å². The molecule has 0 atom stereocenters. The number of aromatic nitrogens is 1. The molecule has 2 aromatic carbocycles. The molecule has 0 unspecified atom stereocenters. The van der Waals surface area contributed by atoms with Crippen molar-refractivity contribution in [2.45, 2.75) is 0 Å². The zero-order valence-corrected chi connectivity index (χ0v) is 10.9. The lowest BCUT2D eigenvalue weighted by Gasteiger charge is -2.09. The first-order valence-electron chi connectivity index (χ1n) is 6.34. The number of rotatable bonds is 3. The minimum atomic E-state index is -0.476. The SMILES string of the molecule is O=[N+]([O-])c1ccc(-c2c(F)ccn2-c2ccccc2)cc1. The molecule has 0 radical (unpaired) electrons. The van der Waals surface area contributed by atoms with Gasteiger partial charge in [-0.15, -0.1) is 0 Å². The highest BCUT2D eigenvalue weighted by atomic mass is 19.1. The number of nitrogens with zero attached hydrogens (tertiary/aromatic N) is 2. The summed E-state index contributed by atoms with van der Waals surface area (Å²) in [5, 5.41) is 10.7. The summed E-state index contributed by atoms with van der Waals surface area (Å²) >= 11 is 0. The minimum absolute atomic E-state index is 0.0167. The molecule has 0 amide bonds. The smallest absolute Gasteiger partial charge is 0.269 e. The third-order valence-corrected chi connectivity index (χ3v) is 3.22. The van der Waals surface area contributed by atoms with Gasteiger partial charge in [-0.3, -0.25) is 10.1 Å². The summed E-state index contributed by atoms with van der Waals surface area (Å²) in [4.78, 5) is 10.2. The quantitative estimate of drug-likeness (QED) is 0.534. The number of para-hydroxylation sites is 1. The largest absolute Gasteiger partial charge is 0.314 e. The van der Waals surface area contributed by atoms with E-state index in [2.05, 4.69) is 0 Å². The number of nitro benzene ring substituents is 1. The second-order valence-corrected chi connectivity index (χ2v) is 4.52. The molecule has 0 fully saturated rings. The summed E-state index contributed by atoms with van der Waals surface area (Å²) < 4.78 is 15.8. The first-order valence-corrected chi connectivity index (χ1v) is 6.34. The van der Waals surface area contributed by atoms with Gasteiger partial charge in [-0.05, 0) is 30.3 Å². The van der Waals surface area contributed by atoms with Crippen LogP contribution in [0.5, 0.6) is 0 Å².